The SMILES string of the molecule is Cc1nc(C2CC2)nc2sc(C(=O)NCc3ccccc3NS(C)(=O)=O)c(C)c12. The van der Waals surface area contributed by atoms with Gasteiger partial charge in [-0.05, 0) is 43.9 Å². The van der Waals surface area contributed by atoms with Gasteiger partial charge < -0.3 is 5.32 Å². The molecular weight excluding hydrogens is 408 g/mol. The fourth-order valence-corrected chi connectivity index (χ4v) is 5.08. The third kappa shape index (κ3) is 4.25. The van der Waals surface area contributed by atoms with E-state index >= 15 is 0 Å². The number of nitrogens with one attached hydrogen (secondary N) is 2. The van der Waals surface area contributed by atoms with Gasteiger partial charge in [-0.1, -0.05) is 18.2 Å². The van der Waals surface area contributed by atoms with Gasteiger partial charge in [0.05, 0.1) is 22.5 Å². The Kier molecular flexibility index (Phi) is 5.04. The van der Waals surface area contributed by atoms with Crippen LogP contribution in [0.3, 0.4) is 0 Å². The van der Waals surface area contributed by atoms with E-state index in [1.54, 1.807) is 24.3 Å². The highest BCUT2D eigenvalue weighted by Gasteiger charge is 2.28. The maximum absolute atomic E-state index is 12.9. The number of anilines is 1. The summed E-state index contributed by atoms with van der Waals surface area (Å²) in [4.78, 5) is 23.6. The predicted molar refractivity (Wildman–Crippen MR) is 115 cm³/mol. The highest BCUT2D eigenvalue weighted by molar-refractivity contribution is 7.92. The molecule has 0 radical (unpaired) electrons. The van der Waals surface area contributed by atoms with Crippen LogP contribution in [0.5, 0.6) is 0 Å². The van der Waals surface area contributed by atoms with Crippen molar-refractivity contribution < 1.29 is 13.2 Å². The molecule has 1 aromatic carbocycles. The first-order chi connectivity index (χ1) is 13.7. The monoisotopic (exact) mass is 430 g/mol. The van der Waals surface area contributed by atoms with Gasteiger partial charge in [-0.3, -0.25) is 9.52 Å². The lowest BCUT2D eigenvalue weighted by molar-refractivity contribution is 0.0954. The molecular formula is C20H22N4O3S2. The Labute approximate surface area is 173 Å². The van der Waals surface area contributed by atoms with Gasteiger partial charge in [0.1, 0.15) is 10.7 Å². The van der Waals surface area contributed by atoms with E-state index in [-0.39, 0.29) is 12.5 Å². The van der Waals surface area contributed by atoms with Crippen LogP contribution in [0.15, 0.2) is 24.3 Å². The smallest absolute Gasteiger partial charge is 0.261 e. The molecule has 29 heavy (non-hydrogen) atoms. The molecule has 9 heteroatoms. The minimum absolute atomic E-state index is 0.202. The first-order valence-corrected chi connectivity index (χ1v) is 12.1. The summed E-state index contributed by atoms with van der Waals surface area (Å²) < 4.78 is 25.6. The summed E-state index contributed by atoms with van der Waals surface area (Å²) in [6.45, 7) is 4.09. The molecule has 0 spiro atoms. The number of aryl methyl sites for hydroxylation is 2. The summed E-state index contributed by atoms with van der Waals surface area (Å²) in [7, 11) is -3.40. The second kappa shape index (κ2) is 7.38. The van der Waals surface area contributed by atoms with Gasteiger partial charge in [-0.25, -0.2) is 18.4 Å². The minimum atomic E-state index is -3.40. The Bertz CT molecular complexity index is 1210. The molecule has 1 fully saturated rings. The topological polar surface area (TPSA) is 101 Å². The van der Waals surface area contributed by atoms with Gasteiger partial charge in [0, 0.05) is 17.8 Å². The molecule has 2 N–H and O–H groups in total. The molecule has 3 aromatic rings. The number of para-hydroxylation sites is 1. The second-order valence-corrected chi connectivity index (χ2v) is 10.1. The number of amides is 1. The van der Waals surface area contributed by atoms with Crippen molar-refractivity contribution >= 4 is 43.2 Å². The van der Waals surface area contributed by atoms with Crippen molar-refractivity contribution in [3.05, 3.63) is 51.8 Å². The van der Waals surface area contributed by atoms with Crippen LogP contribution in [0.1, 0.15) is 51.1 Å². The summed E-state index contributed by atoms with van der Waals surface area (Å²) in [6, 6.07) is 7.00. The van der Waals surface area contributed by atoms with Gasteiger partial charge in [0.2, 0.25) is 10.0 Å². The molecule has 2 aromatic heterocycles. The average Bonchev–Trinajstić information content (AvgIpc) is 3.43. The zero-order valence-corrected chi connectivity index (χ0v) is 18.1. The molecule has 1 amide bonds. The number of thiophene rings is 1. The highest BCUT2D eigenvalue weighted by Crippen LogP contribution is 2.40. The van der Waals surface area contributed by atoms with Crippen molar-refractivity contribution in [1.29, 1.82) is 0 Å². The third-order valence-electron chi connectivity index (χ3n) is 4.89. The normalized spacial score (nSPS) is 14.2. The van der Waals surface area contributed by atoms with E-state index in [1.807, 2.05) is 13.8 Å². The maximum Gasteiger partial charge on any atom is 0.261 e. The number of hydrogen-bond acceptors (Lipinski definition) is 6. The van der Waals surface area contributed by atoms with Gasteiger partial charge >= 0.3 is 0 Å². The summed E-state index contributed by atoms with van der Waals surface area (Å²) in [5.74, 6) is 1.13. The number of carbonyl (C=O) groups is 1. The van der Waals surface area contributed by atoms with Crippen LogP contribution in [0.2, 0.25) is 0 Å². The van der Waals surface area contributed by atoms with Crippen LogP contribution >= 0.6 is 11.3 Å². The molecule has 4 rings (SSSR count). The minimum Gasteiger partial charge on any atom is -0.347 e. The third-order valence-corrected chi connectivity index (χ3v) is 6.66. The fraction of sp³-hybridized carbons (Fsp3) is 0.350. The second-order valence-electron chi connectivity index (χ2n) is 7.39. The Balaban J connectivity index is 1.57. The van der Waals surface area contributed by atoms with Crippen LogP contribution in [0.25, 0.3) is 10.2 Å². The maximum atomic E-state index is 12.9. The molecule has 2 heterocycles. The van der Waals surface area contributed by atoms with Crippen LogP contribution < -0.4 is 10.0 Å². The van der Waals surface area contributed by atoms with Crippen LogP contribution in [0.4, 0.5) is 5.69 Å². The zero-order chi connectivity index (χ0) is 20.8. The fourth-order valence-electron chi connectivity index (χ4n) is 3.33. The first kappa shape index (κ1) is 19.8. The number of hydrogen-bond donors (Lipinski definition) is 2. The predicted octanol–water partition coefficient (Wildman–Crippen LogP) is 3.49. The van der Waals surface area contributed by atoms with Crippen molar-refractivity contribution in [2.45, 2.75) is 39.2 Å². The van der Waals surface area contributed by atoms with E-state index in [1.165, 1.54) is 11.3 Å². The van der Waals surface area contributed by atoms with Crippen LogP contribution in [-0.2, 0) is 16.6 Å². The van der Waals surface area contributed by atoms with E-state index in [9.17, 15) is 13.2 Å². The van der Waals surface area contributed by atoms with Crippen molar-refractivity contribution in [3.8, 4) is 0 Å². The molecule has 0 aliphatic heterocycles. The summed E-state index contributed by atoms with van der Waals surface area (Å²) in [5, 5.41) is 3.85. The molecule has 0 unspecified atom stereocenters. The number of aromatic nitrogens is 2. The number of benzene rings is 1. The van der Waals surface area contributed by atoms with Crippen molar-refractivity contribution in [2.75, 3.05) is 11.0 Å². The van der Waals surface area contributed by atoms with Crippen molar-refractivity contribution in [3.63, 3.8) is 0 Å². The lowest BCUT2D eigenvalue weighted by atomic mass is 10.1. The van der Waals surface area contributed by atoms with E-state index in [2.05, 4.69) is 20.0 Å². The molecule has 1 aliphatic rings. The van der Waals surface area contributed by atoms with Gasteiger partial charge in [0.25, 0.3) is 5.91 Å². The highest BCUT2D eigenvalue weighted by atomic mass is 32.2. The van der Waals surface area contributed by atoms with Gasteiger partial charge in [-0.2, -0.15) is 0 Å². The van der Waals surface area contributed by atoms with Crippen LogP contribution in [0, 0.1) is 13.8 Å². The Morgan fingerprint density at radius 3 is 2.62 bits per heavy atom. The Morgan fingerprint density at radius 2 is 1.93 bits per heavy atom. The Morgan fingerprint density at radius 1 is 1.21 bits per heavy atom. The number of rotatable bonds is 6. The summed E-state index contributed by atoms with van der Waals surface area (Å²) >= 11 is 1.38. The molecule has 152 valence electrons. The summed E-state index contributed by atoms with van der Waals surface area (Å²) in [5.41, 5.74) is 2.94. The number of nitrogens with zero attached hydrogens (tertiary/aromatic N) is 2. The van der Waals surface area contributed by atoms with E-state index in [0.717, 1.165) is 46.4 Å². The lowest BCUT2D eigenvalue weighted by Crippen LogP contribution is -2.23. The first-order valence-electron chi connectivity index (χ1n) is 9.34. The van der Waals surface area contributed by atoms with E-state index in [0.29, 0.717) is 22.0 Å². The largest absolute Gasteiger partial charge is 0.347 e. The quantitative estimate of drug-likeness (QED) is 0.623. The van der Waals surface area contributed by atoms with Crippen molar-refractivity contribution in [2.24, 2.45) is 0 Å². The van der Waals surface area contributed by atoms with Gasteiger partial charge in [0.15, 0.2) is 0 Å². The van der Waals surface area contributed by atoms with E-state index in [4.69, 9.17) is 0 Å². The molecule has 0 bridgehead atoms. The Hall–Kier alpha value is -2.52. The number of sulfonamides is 1. The summed E-state index contributed by atoms with van der Waals surface area (Å²) in [6.07, 6.45) is 3.36. The average molecular weight is 431 g/mol. The van der Waals surface area contributed by atoms with Crippen LogP contribution in [-0.4, -0.2) is 30.5 Å². The molecule has 0 saturated heterocycles. The zero-order valence-electron chi connectivity index (χ0n) is 16.4. The number of fused-ring (bicyclic) bond motifs is 1. The lowest BCUT2D eigenvalue weighted by Gasteiger charge is -2.11. The van der Waals surface area contributed by atoms with Crippen molar-refractivity contribution in [1.82, 2.24) is 15.3 Å². The standard InChI is InChI=1S/C20H22N4O3S2/c1-11-16-12(2)22-18(13-8-9-13)23-20(16)28-17(11)19(25)21-10-14-6-4-5-7-15(14)24-29(3,26)27/h4-7,13,24H,8-10H2,1-3H3,(H,21,25). The molecule has 1 aliphatic carbocycles. The molecule has 7 nitrogen and oxygen atoms in total. The van der Waals surface area contributed by atoms with E-state index < -0.39 is 10.0 Å². The number of carbonyl (C=O) groups excluding carboxylic acids is 1. The molecule has 0 atom stereocenters. The molecule has 1 saturated carbocycles. The van der Waals surface area contributed by atoms with Gasteiger partial charge in [-0.15, -0.1) is 11.3 Å².